The fourth-order valence-electron chi connectivity index (χ4n) is 2.57. The first-order valence-electron chi connectivity index (χ1n) is 7.49. The number of pyridine rings is 1. The molecule has 0 aliphatic carbocycles. The Labute approximate surface area is 135 Å². The number of anilines is 1. The van der Waals surface area contributed by atoms with E-state index < -0.39 is 0 Å². The number of aromatic nitrogens is 3. The Kier molecular flexibility index (Phi) is 5.29. The van der Waals surface area contributed by atoms with E-state index in [1.807, 2.05) is 12.1 Å². The minimum absolute atomic E-state index is 0.188. The van der Waals surface area contributed by atoms with Crippen molar-refractivity contribution in [3.63, 3.8) is 0 Å². The molecular formula is C16H21ClN4O. The highest BCUT2D eigenvalue weighted by Gasteiger charge is 2.25. The van der Waals surface area contributed by atoms with Gasteiger partial charge in [0.15, 0.2) is 5.82 Å². The number of rotatable bonds is 7. The molecule has 0 fully saturated rings. The fourth-order valence-corrected chi connectivity index (χ4v) is 2.74. The minimum Gasteiger partial charge on any atom is -0.363 e. The van der Waals surface area contributed by atoms with Gasteiger partial charge in [-0.3, -0.25) is 4.98 Å². The van der Waals surface area contributed by atoms with Crippen LogP contribution in [0.5, 0.6) is 0 Å². The van der Waals surface area contributed by atoms with Crippen LogP contribution in [0.4, 0.5) is 5.82 Å². The van der Waals surface area contributed by atoms with Gasteiger partial charge >= 0.3 is 0 Å². The third kappa shape index (κ3) is 4.13. The van der Waals surface area contributed by atoms with Crippen LogP contribution >= 0.6 is 11.6 Å². The van der Waals surface area contributed by atoms with E-state index in [0.29, 0.717) is 23.3 Å². The first kappa shape index (κ1) is 16.6. The van der Waals surface area contributed by atoms with Crippen LogP contribution in [0.2, 0.25) is 5.28 Å². The SMILES string of the molecule is CCC[C@](C)(CCC(C)=O)Nc1nc(Cl)nc2cccnc12. The summed E-state index contributed by atoms with van der Waals surface area (Å²) in [6.07, 6.45) is 4.92. The lowest BCUT2D eigenvalue weighted by Crippen LogP contribution is -2.35. The number of hydrogen-bond acceptors (Lipinski definition) is 5. The highest BCUT2D eigenvalue weighted by Crippen LogP contribution is 2.28. The lowest BCUT2D eigenvalue weighted by molar-refractivity contribution is -0.117. The average Bonchev–Trinajstić information content (AvgIpc) is 2.45. The number of Topliss-reactive ketones (excluding diaryl/α,β-unsaturated/α-hetero) is 1. The van der Waals surface area contributed by atoms with Gasteiger partial charge in [-0.25, -0.2) is 4.98 Å². The number of ketones is 1. The molecule has 2 aromatic heterocycles. The highest BCUT2D eigenvalue weighted by atomic mass is 35.5. The molecule has 0 radical (unpaired) electrons. The smallest absolute Gasteiger partial charge is 0.225 e. The Morgan fingerprint density at radius 2 is 2.14 bits per heavy atom. The fraction of sp³-hybridized carbons (Fsp3) is 0.500. The van der Waals surface area contributed by atoms with Crippen LogP contribution in [0.25, 0.3) is 11.0 Å². The third-order valence-corrected chi connectivity index (χ3v) is 3.85. The van der Waals surface area contributed by atoms with E-state index in [2.05, 4.69) is 34.1 Å². The predicted octanol–water partition coefficient (Wildman–Crippen LogP) is 4.02. The zero-order valence-electron chi connectivity index (χ0n) is 13.2. The largest absolute Gasteiger partial charge is 0.363 e. The maximum atomic E-state index is 11.3. The van der Waals surface area contributed by atoms with Gasteiger partial charge in [-0.15, -0.1) is 0 Å². The second kappa shape index (κ2) is 7.01. The van der Waals surface area contributed by atoms with Gasteiger partial charge in [-0.05, 0) is 50.4 Å². The van der Waals surface area contributed by atoms with Crippen molar-refractivity contribution < 1.29 is 4.79 Å². The standard InChI is InChI=1S/C16H21ClN4O/c1-4-8-16(3,9-7-11(2)22)21-14-13-12(6-5-10-18-13)19-15(17)20-14/h5-6,10H,4,7-9H2,1-3H3,(H,19,20,21)/t16-/m1/s1. The molecule has 0 aliphatic rings. The van der Waals surface area contributed by atoms with E-state index in [1.54, 1.807) is 13.1 Å². The van der Waals surface area contributed by atoms with Gasteiger partial charge in [0.1, 0.15) is 11.3 Å². The van der Waals surface area contributed by atoms with Crippen LogP contribution in [0, 0.1) is 0 Å². The van der Waals surface area contributed by atoms with Gasteiger partial charge < -0.3 is 10.1 Å². The van der Waals surface area contributed by atoms with Crippen LogP contribution in [-0.4, -0.2) is 26.3 Å². The van der Waals surface area contributed by atoms with Crippen molar-refractivity contribution in [2.24, 2.45) is 0 Å². The number of hydrogen-bond donors (Lipinski definition) is 1. The molecule has 2 rings (SSSR count). The first-order valence-corrected chi connectivity index (χ1v) is 7.87. The van der Waals surface area contributed by atoms with E-state index in [1.165, 1.54) is 0 Å². The number of halogens is 1. The minimum atomic E-state index is -0.234. The molecule has 0 saturated carbocycles. The van der Waals surface area contributed by atoms with E-state index in [9.17, 15) is 4.79 Å². The summed E-state index contributed by atoms with van der Waals surface area (Å²) in [5, 5.41) is 3.63. The van der Waals surface area contributed by atoms with E-state index in [-0.39, 0.29) is 16.6 Å². The summed E-state index contributed by atoms with van der Waals surface area (Å²) >= 11 is 6.01. The van der Waals surface area contributed by atoms with Crippen LogP contribution in [0.3, 0.4) is 0 Å². The molecule has 0 bridgehead atoms. The molecular weight excluding hydrogens is 300 g/mol. The van der Waals surface area contributed by atoms with Crippen LogP contribution < -0.4 is 5.32 Å². The monoisotopic (exact) mass is 320 g/mol. The van der Waals surface area contributed by atoms with Crippen molar-refractivity contribution in [3.05, 3.63) is 23.6 Å². The average molecular weight is 321 g/mol. The van der Waals surface area contributed by atoms with Crippen molar-refractivity contribution >= 4 is 34.2 Å². The van der Waals surface area contributed by atoms with Gasteiger partial charge in [0.2, 0.25) is 5.28 Å². The van der Waals surface area contributed by atoms with Crippen LogP contribution in [0.1, 0.15) is 46.5 Å². The summed E-state index contributed by atoms with van der Waals surface area (Å²) in [7, 11) is 0. The van der Waals surface area contributed by atoms with Gasteiger partial charge in [-0.1, -0.05) is 13.3 Å². The second-order valence-electron chi connectivity index (χ2n) is 5.85. The maximum Gasteiger partial charge on any atom is 0.225 e. The quantitative estimate of drug-likeness (QED) is 0.780. The summed E-state index contributed by atoms with van der Waals surface area (Å²) in [6.45, 7) is 5.84. The van der Waals surface area contributed by atoms with E-state index in [4.69, 9.17) is 11.6 Å². The molecule has 5 nitrogen and oxygen atoms in total. The summed E-state index contributed by atoms with van der Waals surface area (Å²) in [5.41, 5.74) is 1.16. The molecule has 0 aliphatic heterocycles. The van der Waals surface area contributed by atoms with Crippen LogP contribution in [0.15, 0.2) is 18.3 Å². The summed E-state index contributed by atoms with van der Waals surface area (Å²) < 4.78 is 0. The Morgan fingerprint density at radius 3 is 2.82 bits per heavy atom. The Morgan fingerprint density at radius 1 is 1.36 bits per heavy atom. The molecule has 2 aromatic rings. The van der Waals surface area contributed by atoms with Crippen molar-refractivity contribution in [2.45, 2.75) is 52.0 Å². The van der Waals surface area contributed by atoms with Crippen LogP contribution in [-0.2, 0) is 4.79 Å². The summed E-state index contributed by atoms with van der Waals surface area (Å²) in [4.78, 5) is 24.2. The molecule has 22 heavy (non-hydrogen) atoms. The molecule has 0 amide bonds. The Balaban J connectivity index is 2.35. The van der Waals surface area contributed by atoms with Gasteiger partial charge in [0, 0.05) is 18.2 Å². The zero-order chi connectivity index (χ0) is 16.2. The predicted molar refractivity (Wildman–Crippen MR) is 89.2 cm³/mol. The number of fused-ring (bicyclic) bond motifs is 1. The molecule has 118 valence electrons. The Hall–Kier alpha value is -1.75. The molecule has 0 spiro atoms. The number of nitrogens with one attached hydrogen (secondary N) is 1. The molecule has 0 unspecified atom stereocenters. The zero-order valence-corrected chi connectivity index (χ0v) is 13.9. The number of carbonyl (C=O) groups is 1. The molecule has 2 heterocycles. The lowest BCUT2D eigenvalue weighted by Gasteiger charge is -2.31. The van der Waals surface area contributed by atoms with Gasteiger partial charge in [-0.2, -0.15) is 4.98 Å². The van der Waals surface area contributed by atoms with E-state index >= 15 is 0 Å². The summed E-state index contributed by atoms with van der Waals surface area (Å²) in [5.74, 6) is 0.808. The molecule has 0 aromatic carbocycles. The first-order chi connectivity index (χ1) is 10.4. The summed E-state index contributed by atoms with van der Waals surface area (Å²) in [6, 6.07) is 3.67. The second-order valence-corrected chi connectivity index (χ2v) is 6.19. The van der Waals surface area contributed by atoms with Gasteiger partial charge in [0.25, 0.3) is 0 Å². The molecule has 1 N–H and O–H groups in total. The van der Waals surface area contributed by atoms with Crippen molar-refractivity contribution in [1.82, 2.24) is 15.0 Å². The number of carbonyl (C=O) groups excluding carboxylic acids is 1. The van der Waals surface area contributed by atoms with Gasteiger partial charge in [0.05, 0.1) is 5.52 Å². The normalized spacial score (nSPS) is 13.8. The van der Waals surface area contributed by atoms with Crippen molar-refractivity contribution in [3.8, 4) is 0 Å². The Bertz CT molecular complexity index is 676. The molecule has 1 atom stereocenters. The topological polar surface area (TPSA) is 67.8 Å². The maximum absolute atomic E-state index is 11.3. The number of nitrogens with zero attached hydrogens (tertiary/aromatic N) is 3. The third-order valence-electron chi connectivity index (χ3n) is 3.68. The van der Waals surface area contributed by atoms with Crippen molar-refractivity contribution in [1.29, 1.82) is 0 Å². The van der Waals surface area contributed by atoms with E-state index in [0.717, 1.165) is 19.3 Å². The highest BCUT2D eigenvalue weighted by molar-refractivity contribution is 6.28. The lowest BCUT2D eigenvalue weighted by atomic mass is 9.89. The molecule has 0 saturated heterocycles. The van der Waals surface area contributed by atoms with Crippen molar-refractivity contribution in [2.75, 3.05) is 5.32 Å². The molecule has 6 heteroatoms.